The molecule has 1 rings (SSSR count). The molecule has 0 aromatic carbocycles. The van der Waals surface area contributed by atoms with Gasteiger partial charge in [0.1, 0.15) is 0 Å². The summed E-state index contributed by atoms with van der Waals surface area (Å²) in [4.78, 5) is 14.6. The Bertz CT molecular complexity index is 244. The number of hydrogen-bond donors (Lipinski definition) is 3. The molecular weight excluding hydrogens is 740 g/mol. The summed E-state index contributed by atoms with van der Waals surface area (Å²) in [5.41, 5.74) is 5.63. The second-order valence-electron chi connectivity index (χ2n) is 3.46. The molecule has 0 aromatic rings. The standard InChI is InChI=1S/C8H14N4O.HI.Pb.U/c9-8(10)11-2-1-6-3-7(5-13)12-4-6;;;/h6-7,12H,1-4H2,(H3-,9,10,11);1H;;/q-2;;+2;/p-1. The molecule has 1 fully saturated rings. The smallest absolute Gasteiger partial charge is 0 e. The first-order valence-electron chi connectivity index (χ1n) is 4.79. The van der Waals surface area contributed by atoms with Crippen LogP contribution in [0.1, 0.15) is 12.8 Å². The molecule has 88 valence electrons. The summed E-state index contributed by atoms with van der Waals surface area (Å²) in [7, 11) is 0. The normalized spacial score (nSPS) is 24.9. The van der Waals surface area contributed by atoms with Crippen molar-refractivity contribution in [3.63, 3.8) is 0 Å². The fourth-order valence-electron chi connectivity index (χ4n) is 1.57. The van der Waals surface area contributed by atoms with Gasteiger partial charge < -0.3 is 0 Å². The van der Waals surface area contributed by atoms with E-state index < -0.39 is 20.2 Å². The minimum absolute atomic E-state index is 0. The molecule has 2 radical (unpaired) electrons. The van der Waals surface area contributed by atoms with E-state index >= 15 is 0 Å². The van der Waals surface area contributed by atoms with E-state index in [1.807, 2.05) is 6.29 Å². The number of guanidine groups is 1. The molecule has 0 saturated carbocycles. The van der Waals surface area contributed by atoms with E-state index in [9.17, 15) is 4.79 Å². The Morgan fingerprint density at radius 1 is 1.75 bits per heavy atom. The molecule has 8 heteroatoms. The Hall–Kier alpha value is 1.60. The Labute approximate surface area is 141 Å². The molecule has 1 aliphatic rings. The summed E-state index contributed by atoms with van der Waals surface area (Å²) < 4.78 is 3.12. The number of nitrogens with two attached hydrogens (primary N) is 1. The van der Waals surface area contributed by atoms with Crippen molar-refractivity contribution in [2.75, 3.05) is 13.1 Å². The maximum atomic E-state index is 10.4. The van der Waals surface area contributed by atoms with E-state index in [2.05, 4.69) is 31.2 Å². The van der Waals surface area contributed by atoms with Crippen LogP contribution >= 0.6 is 17.8 Å². The topological polar surface area (TPSA) is 79.5 Å². The van der Waals surface area contributed by atoms with Crippen LogP contribution in [0.5, 0.6) is 0 Å². The molecule has 1 saturated heterocycles. The predicted octanol–water partition coefficient (Wildman–Crippen LogP) is -0.662. The van der Waals surface area contributed by atoms with Gasteiger partial charge in [-0.1, -0.05) is 0 Å². The molecule has 0 amide bonds. The fraction of sp³-hybridized carbons (Fsp3) is 0.750. The van der Waals surface area contributed by atoms with Gasteiger partial charge in [0.2, 0.25) is 0 Å². The second kappa shape index (κ2) is 10.5. The molecule has 0 bridgehead atoms. The van der Waals surface area contributed by atoms with Crippen molar-refractivity contribution >= 4 is 50.2 Å². The van der Waals surface area contributed by atoms with Crippen molar-refractivity contribution in [1.29, 1.82) is 0 Å². The predicted molar refractivity (Wildman–Crippen MR) is 69.6 cm³/mol. The maximum Gasteiger partial charge on any atom is 0 e. The van der Waals surface area contributed by atoms with Crippen LogP contribution in [-0.4, -0.2) is 51.6 Å². The van der Waals surface area contributed by atoms with Crippen LogP contribution in [-0.2, 0) is 4.79 Å². The van der Waals surface area contributed by atoms with Gasteiger partial charge in [-0.3, -0.25) is 0 Å². The average molecular weight is 754 g/mol. The molecule has 0 aliphatic carbocycles. The van der Waals surface area contributed by atoms with Gasteiger partial charge in [-0.15, -0.1) is 0 Å². The van der Waals surface area contributed by atoms with Gasteiger partial charge in [-0.25, -0.2) is 0 Å². The third kappa shape index (κ3) is 7.13. The molecule has 0 aromatic heterocycles. The van der Waals surface area contributed by atoms with Gasteiger partial charge in [-0.05, 0) is 0 Å². The van der Waals surface area contributed by atoms with E-state index in [1.54, 1.807) is 0 Å². The minimum atomic E-state index is -0.712. The zero-order valence-electron chi connectivity index (χ0n) is 8.79. The van der Waals surface area contributed by atoms with Crippen molar-refractivity contribution in [2.45, 2.75) is 18.9 Å². The van der Waals surface area contributed by atoms with Crippen LogP contribution in [0.3, 0.4) is 0 Å². The molecule has 16 heavy (non-hydrogen) atoms. The van der Waals surface area contributed by atoms with E-state index in [-0.39, 0.29) is 37.2 Å². The van der Waals surface area contributed by atoms with Gasteiger partial charge in [0, 0.05) is 31.1 Å². The summed E-state index contributed by atoms with van der Waals surface area (Å²) in [6.07, 6.45) is 3.86. The largest absolute Gasteiger partial charge is 0 e. The molecule has 2 atom stereocenters. The average Bonchev–Trinajstić information content (AvgIpc) is 2.66. The van der Waals surface area contributed by atoms with Gasteiger partial charge in [0.05, 0.1) is 0 Å². The monoisotopic (exact) mass is 755 g/mol. The SMILES string of the molecule is NC(=NCCC1CNC([C-]=O)C1)[NH][Pb][I].[U]. The molecule has 1 heterocycles. The molecular formula is C8H14IN4OPbU-. The Kier molecular flexibility index (Phi) is 11.6. The fourth-order valence-corrected chi connectivity index (χ4v) is 4.68. The van der Waals surface area contributed by atoms with Gasteiger partial charge in [0.25, 0.3) is 0 Å². The van der Waals surface area contributed by atoms with Crippen LogP contribution in [0.15, 0.2) is 4.99 Å². The van der Waals surface area contributed by atoms with Crippen LogP contribution in [0.4, 0.5) is 0 Å². The van der Waals surface area contributed by atoms with Crippen LogP contribution in [0, 0.1) is 37.0 Å². The first-order valence-corrected chi connectivity index (χ1v) is 17.7. The molecule has 2 unspecified atom stereocenters. The Balaban J connectivity index is 0.00000225. The van der Waals surface area contributed by atoms with Crippen molar-refractivity contribution in [3.05, 3.63) is 0 Å². The zero-order chi connectivity index (χ0) is 11.1. The number of hydrogen-bond acceptors (Lipinski definition) is 3. The van der Waals surface area contributed by atoms with E-state index in [0.717, 1.165) is 25.9 Å². The van der Waals surface area contributed by atoms with Crippen molar-refractivity contribution in [1.82, 2.24) is 8.44 Å². The van der Waals surface area contributed by atoms with Crippen LogP contribution < -0.4 is 14.2 Å². The summed E-state index contributed by atoms with van der Waals surface area (Å²) in [5, 5.41) is 3.11. The Morgan fingerprint density at radius 2 is 2.50 bits per heavy atom. The molecule has 5 nitrogen and oxygen atoms in total. The summed E-state index contributed by atoms with van der Waals surface area (Å²) >= 11 is 1.66. The van der Waals surface area contributed by atoms with E-state index in [0.29, 0.717) is 11.9 Å². The quantitative estimate of drug-likeness (QED) is 0.115. The third-order valence-corrected chi connectivity index (χ3v) is 6.09. The zero-order valence-corrected chi connectivity index (χ0v) is 19.0. The van der Waals surface area contributed by atoms with Crippen LogP contribution in [0.25, 0.3) is 0 Å². The maximum absolute atomic E-state index is 10.4. The number of nitrogens with one attached hydrogen (secondary N) is 2. The van der Waals surface area contributed by atoms with Gasteiger partial charge >= 0.3 is 112 Å². The summed E-state index contributed by atoms with van der Waals surface area (Å²) in [5.74, 6) is 1.12. The minimum Gasteiger partial charge on any atom is 0 e. The molecule has 4 N–H and O–H groups in total. The van der Waals surface area contributed by atoms with Crippen molar-refractivity contribution in [2.24, 2.45) is 16.6 Å². The first-order chi connectivity index (χ1) is 7.26. The molecule has 1 aliphatic heterocycles. The first kappa shape index (κ1) is 17.6. The van der Waals surface area contributed by atoms with Crippen molar-refractivity contribution < 1.29 is 35.9 Å². The van der Waals surface area contributed by atoms with Gasteiger partial charge in [-0.2, -0.15) is 0 Å². The molecule has 0 spiro atoms. The number of aliphatic imine (C=N–C) groups is 1. The van der Waals surface area contributed by atoms with Crippen LogP contribution in [0.2, 0.25) is 0 Å². The number of rotatable bonds is 5. The summed E-state index contributed by atoms with van der Waals surface area (Å²) in [6.45, 7) is 1.64. The van der Waals surface area contributed by atoms with Crippen molar-refractivity contribution in [3.8, 4) is 0 Å². The Morgan fingerprint density at radius 3 is 3.06 bits per heavy atom. The van der Waals surface area contributed by atoms with E-state index in [4.69, 9.17) is 5.73 Å². The second-order valence-corrected chi connectivity index (χ2v) is 9.90. The number of nitrogens with zero attached hydrogens (tertiary/aromatic N) is 1. The van der Waals surface area contributed by atoms with E-state index in [1.165, 1.54) is 0 Å². The van der Waals surface area contributed by atoms with Gasteiger partial charge in [0.15, 0.2) is 0 Å². The third-order valence-electron chi connectivity index (χ3n) is 2.36. The number of halogens is 1. The number of carbonyl (C=O) groups excluding carboxylic acids is 1. The summed E-state index contributed by atoms with van der Waals surface area (Å²) in [6, 6.07) is -0.0702.